The zero-order chi connectivity index (χ0) is 16.2. The van der Waals surface area contributed by atoms with Gasteiger partial charge < -0.3 is 15.6 Å². The molecule has 0 amide bonds. The summed E-state index contributed by atoms with van der Waals surface area (Å²) in [6.45, 7) is 5.61. The van der Waals surface area contributed by atoms with Crippen LogP contribution in [0.25, 0.3) is 0 Å². The first-order valence-electron chi connectivity index (χ1n) is 8.18. The summed E-state index contributed by atoms with van der Waals surface area (Å²) in [5.74, 6) is 2.37. The molecular formula is C17H24N6. The molecule has 0 fully saturated rings. The molecule has 122 valence electrons. The van der Waals surface area contributed by atoms with Crippen molar-refractivity contribution >= 4 is 11.6 Å². The number of nitrogens with two attached hydrogens (primary N) is 1. The van der Waals surface area contributed by atoms with Gasteiger partial charge in [-0.15, -0.1) is 10.2 Å². The van der Waals surface area contributed by atoms with Crippen LogP contribution in [0.15, 0.2) is 23.2 Å². The van der Waals surface area contributed by atoms with E-state index in [9.17, 15) is 0 Å². The minimum Gasteiger partial charge on any atom is -0.370 e. The minimum absolute atomic E-state index is 0.402. The lowest BCUT2D eigenvalue weighted by Gasteiger charge is -2.08. The second kappa shape index (κ2) is 6.81. The Balaban J connectivity index is 1.67. The van der Waals surface area contributed by atoms with Crippen LogP contribution in [0.1, 0.15) is 42.0 Å². The van der Waals surface area contributed by atoms with Crippen molar-refractivity contribution in [1.82, 2.24) is 14.8 Å². The molecule has 2 aromatic rings. The van der Waals surface area contributed by atoms with Crippen LogP contribution in [0.5, 0.6) is 0 Å². The number of rotatable bonds is 3. The summed E-state index contributed by atoms with van der Waals surface area (Å²) in [4.78, 5) is 4.41. The minimum atomic E-state index is 0.402. The highest BCUT2D eigenvalue weighted by molar-refractivity contribution is 5.92. The van der Waals surface area contributed by atoms with Gasteiger partial charge in [-0.3, -0.25) is 0 Å². The summed E-state index contributed by atoms with van der Waals surface area (Å²) in [7, 11) is 0. The molecule has 0 aliphatic carbocycles. The normalized spacial score (nSPS) is 15.1. The first-order valence-corrected chi connectivity index (χ1v) is 8.18. The van der Waals surface area contributed by atoms with Gasteiger partial charge in [0.2, 0.25) is 0 Å². The predicted octanol–water partition coefficient (Wildman–Crippen LogP) is 2.55. The van der Waals surface area contributed by atoms with Gasteiger partial charge in [-0.2, -0.15) is 0 Å². The van der Waals surface area contributed by atoms with Crippen LogP contribution in [0.3, 0.4) is 0 Å². The molecule has 0 spiro atoms. The van der Waals surface area contributed by atoms with Gasteiger partial charge >= 0.3 is 0 Å². The molecule has 0 saturated heterocycles. The number of aliphatic imine (C=N–C) groups is 1. The van der Waals surface area contributed by atoms with E-state index in [-0.39, 0.29) is 0 Å². The van der Waals surface area contributed by atoms with Gasteiger partial charge in [-0.05, 0) is 49.9 Å². The summed E-state index contributed by atoms with van der Waals surface area (Å²) in [6, 6.07) is 6.15. The number of aryl methyl sites for hydroxylation is 3. The number of benzene rings is 1. The van der Waals surface area contributed by atoms with Crippen LogP contribution >= 0.6 is 0 Å². The first kappa shape index (κ1) is 15.5. The van der Waals surface area contributed by atoms with E-state index in [4.69, 9.17) is 5.73 Å². The van der Waals surface area contributed by atoms with Crippen LogP contribution in [-0.2, 0) is 19.5 Å². The van der Waals surface area contributed by atoms with E-state index in [0.29, 0.717) is 12.5 Å². The predicted molar refractivity (Wildman–Crippen MR) is 92.4 cm³/mol. The van der Waals surface area contributed by atoms with Crippen molar-refractivity contribution in [2.24, 2.45) is 10.7 Å². The molecule has 6 heteroatoms. The molecule has 1 aromatic heterocycles. The molecule has 6 nitrogen and oxygen atoms in total. The monoisotopic (exact) mass is 312 g/mol. The molecule has 3 rings (SSSR count). The molecular weight excluding hydrogens is 288 g/mol. The van der Waals surface area contributed by atoms with Crippen LogP contribution in [0.4, 0.5) is 5.69 Å². The summed E-state index contributed by atoms with van der Waals surface area (Å²) in [5.41, 5.74) is 9.44. The average Bonchev–Trinajstić information content (AvgIpc) is 2.76. The molecule has 0 saturated carbocycles. The largest absolute Gasteiger partial charge is 0.370 e. The highest BCUT2D eigenvalue weighted by Crippen LogP contribution is 2.16. The molecule has 3 N–H and O–H groups in total. The Morgan fingerprint density at radius 1 is 1.22 bits per heavy atom. The van der Waals surface area contributed by atoms with Crippen LogP contribution < -0.4 is 11.1 Å². The van der Waals surface area contributed by atoms with Crippen molar-refractivity contribution in [3.05, 3.63) is 41.0 Å². The van der Waals surface area contributed by atoms with Gasteiger partial charge in [0, 0.05) is 18.7 Å². The van der Waals surface area contributed by atoms with Crippen LogP contribution in [-0.4, -0.2) is 20.7 Å². The molecule has 1 aliphatic rings. The Morgan fingerprint density at radius 3 is 2.91 bits per heavy atom. The van der Waals surface area contributed by atoms with Crippen molar-refractivity contribution in [2.45, 2.75) is 52.6 Å². The van der Waals surface area contributed by atoms with Crippen molar-refractivity contribution < 1.29 is 0 Å². The number of hydrogen-bond donors (Lipinski definition) is 2. The summed E-state index contributed by atoms with van der Waals surface area (Å²) >= 11 is 0. The maximum Gasteiger partial charge on any atom is 0.193 e. The fraction of sp³-hybridized carbons (Fsp3) is 0.471. The third-order valence-corrected chi connectivity index (χ3v) is 4.36. The van der Waals surface area contributed by atoms with Crippen molar-refractivity contribution in [2.75, 3.05) is 5.32 Å². The highest BCUT2D eigenvalue weighted by atomic mass is 15.3. The highest BCUT2D eigenvalue weighted by Gasteiger charge is 2.14. The maximum absolute atomic E-state index is 6.00. The number of nitrogens with one attached hydrogen (secondary N) is 1. The van der Waals surface area contributed by atoms with Crippen molar-refractivity contribution in [3.63, 3.8) is 0 Å². The van der Waals surface area contributed by atoms with Crippen molar-refractivity contribution in [3.8, 4) is 0 Å². The smallest absolute Gasteiger partial charge is 0.193 e. The Labute approximate surface area is 136 Å². The van der Waals surface area contributed by atoms with E-state index in [1.54, 1.807) is 0 Å². The fourth-order valence-electron chi connectivity index (χ4n) is 2.82. The van der Waals surface area contributed by atoms with Gasteiger partial charge in [0.25, 0.3) is 0 Å². The van der Waals surface area contributed by atoms with E-state index in [1.165, 1.54) is 30.4 Å². The quantitative estimate of drug-likeness (QED) is 0.674. The van der Waals surface area contributed by atoms with Gasteiger partial charge in [0.15, 0.2) is 11.8 Å². The van der Waals surface area contributed by atoms with Crippen LogP contribution in [0, 0.1) is 13.8 Å². The Bertz CT molecular complexity index is 716. The number of aromatic nitrogens is 3. The summed E-state index contributed by atoms with van der Waals surface area (Å²) < 4.78 is 2.19. The molecule has 1 aliphatic heterocycles. The van der Waals surface area contributed by atoms with E-state index < -0.39 is 0 Å². The second-order valence-electron chi connectivity index (χ2n) is 6.12. The lowest BCUT2D eigenvalue weighted by Crippen LogP contribution is -2.23. The Morgan fingerprint density at radius 2 is 2.09 bits per heavy atom. The number of guanidine groups is 1. The average molecular weight is 312 g/mol. The topological polar surface area (TPSA) is 81.1 Å². The zero-order valence-electron chi connectivity index (χ0n) is 13.8. The lowest BCUT2D eigenvalue weighted by molar-refractivity contribution is 0.606. The van der Waals surface area contributed by atoms with Crippen molar-refractivity contribution in [1.29, 1.82) is 0 Å². The SMILES string of the molecule is Cc1ccc(NC(N)=NCc2nnc3n2CCCCC3)cc1C. The first-order chi connectivity index (χ1) is 11.1. The standard InChI is InChI=1S/C17H24N6/c1-12-7-8-14(10-13(12)2)20-17(18)19-11-16-22-21-15-6-4-3-5-9-23(15)16/h7-8,10H,3-6,9,11H2,1-2H3,(H3,18,19,20). The lowest BCUT2D eigenvalue weighted by atomic mass is 10.1. The number of anilines is 1. The third kappa shape index (κ3) is 3.70. The molecule has 0 unspecified atom stereocenters. The molecule has 0 bridgehead atoms. The molecule has 1 aromatic carbocycles. The molecule has 23 heavy (non-hydrogen) atoms. The van der Waals surface area contributed by atoms with E-state index >= 15 is 0 Å². The molecule has 0 radical (unpaired) electrons. The van der Waals surface area contributed by atoms with Gasteiger partial charge in [0.05, 0.1) is 0 Å². The third-order valence-electron chi connectivity index (χ3n) is 4.36. The second-order valence-corrected chi connectivity index (χ2v) is 6.12. The molecule has 0 atom stereocenters. The van der Waals surface area contributed by atoms with E-state index in [1.807, 2.05) is 6.07 Å². The van der Waals surface area contributed by atoms with Crippen LogP contribution in [0.2, 0.25) is 0 Å². The van der Waals surface area contributed by atoms with Gasteiger partial charge in [-0.25, -0.2) is 4.99 Å². The van der Waals surface area contributed by atoms with Gasteiger partial charge in [0.1, 0.15) is 12.4 Å². The Hall–Kier alpha value is -2.37. The van der Waals surface area contributed by atoms with E-state index in [0.717, 1.165) is 30.3 Å². The molecule has 2 heterocycles. The maximum atomic E-state index is 6.00. The van der Waals surface area contributed by atoms with E-state index in [2.05, 4.69) is 51.1 Å². The summed E-state index contributed by atoms with van der Waals surface area (Å²) in [5, 5.41) is 11.7. The number of hydrogen-bond acceptors (Lipinski definition) is 3. The summed E-state index contributed by atoms with van der Waals surface area (Å²) in [6.07, 6.45) is 4.63. The number of nitrogens with zero attached hydrogens (tertiary/aromatic N) is 4. The fourth-order valence-corrected chi connectivity index (χ4v) is 2.82. The zero-order valence-corrected chi connectivity index (χ0v) is 13.8. The Kier molecular flexibility index (Phi) is 4.60. The van der Waals surface area contributed by atoms with Gasteiger partial charge in [-0.1, -0.05) is 12.5 Å². The number of fused-ring (bicyclic) bond motifs is 1.